The van der Waals surface area contributed by atoms with E-state index in [0.29, 0.717) is 17.9 Å². The van der Waals surface area contributed by atoms with E-state index < -0.39 is 0 Å². The molecule has 1 rings (SSSR count). The minimum Gasteiger partial charge on any atom is -0.462 e. The second-order valence-corrected chi connectivity index (χ2v) is 5.87. The highest BCUT2D eigenvalue weighted by atomic mass is 32.2. The van der Waals surface area contributed by atoms with Crippen LogP contribution in [0.4, 0.5) is 4.79 Å². The summed E-state index contributed by atoms with van der Waals surface area (Å²) in [7, 11) is 0. The van der Waals surface area contributed by atoms with E-state index in [2.05, 4.69) is 0 Å². The maximum absolute atomic E-state index is 11.6. The topological polar surface area (TPSA) is 43.4 Å². The molecule has 0 aliphatic carbocycles. The molecule has 3 nitrogen and oxygen atoms in total. The number of benzene rings is 1. The molecule has 0 spiro atoms. The fourth-order valence-electron chi connectivity index (χ4n) is 1.19. The van der Waals surface area contributed by atoms with Crippen LogP contribution in [0.25, 0.3) is 0 Å². The molecule has 0 amide bonds. The van der Waals surface area contributed by atoms with Crippen LogP contribution in [0, 0.1) is 5.92 Å². The van der Waals surface area contributed by atoms with Crippen LogP contribution in [0.5, 0.6) is 0 Å². The molecule has 0 saturated heterocycles. The predicted octanol–water partition coefficient (Wildman–Crippen LogP) is 3.70. The van der Waals surface area contributed by atoms with Crippen molar-refractivity contribution in [2.75, 3.05) is 18.6 Å². The van der Waals surface area contributed by atoms with Crippen molar-refractivity contribution in [3.05, 3.63) is 35.9 Å². The first kappa shape index (κ1) is 15.1. The standard InChI is InChI=1S/C13H16O3S2/c1-10(9-18-13(15)17-2)8-16-12(14)11-6-4-3-5-7-11/h3-7,10H,8-9H2,1-2H3. The summed E-state index contributed by atoms with van der Waals surface area (Å²) >= 11 is 2.47. The van der Waals surface area contributed by atoms with Gasteiger partial charge in [0.1, 0.15) is 0 Å². The molecule has 1 aromatic rings. The fraction of sp³-hybridized carbons (Fsp3) is 0.385. The number of esters is 1. The van der Waals surface area contributed by atoms with Gasteiger partial charge in [0.05, 0.1) is 12.2 Å². The number of hydrogen-bond donors (Lipinski definition) is 0. The highest BCUT2D eigenvalue weighted by molar-refractivity contribution is 8.38. The van der Waals surface area contributed by atoms with Gasteiger partial charge in [0, 0.05) is 5.75 Å². The molecule has 0 fully saturated rings. The second-order valence-electron chi connectivity index (χ2n) is 3.83. The summed E-state index contributed by atoms with van der Waals surface area (Å²) in [6.07, 6.45) is 1.76. The fourth-order valence-corrected chi connectivity index (χ4v) is 2.39. The highest BCUT2D eigenvalue weighted by Gasteiger charge is 2.11. The van der Waals surface area contributed by atoms with Crippen molar-refractivity contribution in [3.63, 3.8) is 0 Å². The van der Waals surface area contributed by atoms with Crippen LogP contribution in [0.1, 0.15) is 17.3 Å². The van der Waals surface area contributed by atoms with Gasteiger partial charge >= 0.3 is 5.97 Å². The molecule has 1 aromatic carbocycles. The van der Waals surface area contributed by atoms with E-state index in [1.165, 1.54) is 23.5 Å². The van der Waals surface area contributed by atoms with Crippen LogP contribution in [-0.4, -0.2) is 29.0 Å². The van der Waals surface area contributed by atoms with Crippen LogP contribution < -0.4 is 0 Å². The Morgan fingerprint density at radius 1 is 1.28 bits per heavy atom. The van der Waals surface area contributed by atoms with Crippen LogP contribution in [0.3, 0.4) is 0 Å². The molecule has 98 valence electrons. The Morgan fingerprint density at radius 3 is 2.56 bits per heavy atom. The van der Waals surface area contributed by atoms with Gasteiger partial charge in [-0.05, 0) is 24.3 Å². The molecule has 5 heteroatoms. The van der Waals surface area contributed by atoms with Gasteiger partial charge in [0.2, 0.25) is 4.45 Å². The zero-order chi connectivity index (χ0) is 13.4. The quantitative estimate of drug-likeness (QED) is 0.771. The third kappa shape index (κ3) is 5.60. The molecule has 18 heavy (non-hydrogen) atoms. The summed E-state index contributed by atoms with van der Waals surface area (Å²) in [5.41, 5.74) is 0.553. The summed E-state index contributed by atoms with van der Waals surface area (Å²) in [5, 5.41) is 0. The molecule has 1 unspecified atom stereocenters. The lowest BCUT2D eigenvalue weighted by atomic mass is 10.2. The van der Waals surface area contributed by atoms with Crippen LogP contribution in [0.15, 0.2) is 30.3 Å². The Bertz CT molecular complexity index is 392. The smallest absolute Gasteiger partial charge is 0.338 e. The summed E-state index contributed by atoms with van der Waals surface area (Å²) in [5.74, 6) is 0.518. The van der Waals surface area contributed by atoms with E-state index in [-0.39, 0.29) is 16.3 Å². The summed E-state index contributed by atoms with van der Waals surface area (Å²) in [6.45, 7) is 2.29. The van der Waals surface area contributed by atoms with Crippen LogP contribution >= 0.6 is 23.5 Å². The van der Waals surface area contributed by atoms with Crippen molar-refractivity contribution in [2.45, 2.75) is 6.92 Å². The Hall–Kier alpha value is -0.940. The van der Waals surface area contributed by atoms with E-state index in [4.69, 9.17) is 4.74 Å². The van der Waals surface area contributed by atoms with E-state index >= 15 is 0 Å². The van der Waals surface area contributed by atoms with E-state index in [9.17, 15) is 9.59 Å². The number of thioether (sulfide) groups is 2. The molecule has 0 N–H and O–H groups in total. The second kappa shape index (κ2) is 8.21. The molecular formula is C13H16O3S2. The number of rotatable bonds is 5. The van der Waals surface area contributed by atoms with Gasteiger partial charge in [0.25, 0.3) is 0 Å². The van der Waals surface area contributed by atoms with Gasteiger partial charge in [-0.15, -0.1) is 0 Å². The monoisotopic (exact) mass is 284 g/mol. The van der Waals surface area contributed by atoms with Gasteiger partial charge in [-0.1, -0.05) is 48.6 Å². The average molecular weight is 284 g/mol. The van der Waals surface area contributed by atoms with E-state index in [0.717, 1.165) is 0 Å². The Morgan fingerprint density at radius 2 is 1.94 bits per heavy atom. The van der Waals surface area contributed by atoms with Gasteiger partial charge in [-0.25, -0.2) is 4.79 Å². The van der Waals surface area contributed by atoms with E-state index in [1.54, 1.807) is 30.5 Å². The molecule has 0 bridgehead atoms. The maximum Gasteiger partial charge on any atom is 0.338 e. The van der Waals surface area contributed by atoms with Gasteiger partial charge in [-0.2, -0.15) is 0 Å². The lowest BCUT2D eigenvalue weighted by molar-refractivity contribution is 0.0461. The lowest BCUT2D eigenvalue weighted by Crippen LogP contribution is -2.14. The van der Waals surface area contributed by atoms with Crippen molar-refractivity contribution in [3.8, 4) is 0 Å². The van der Waals surface area contributed by atoms with Crippen molar-refractivity contribution >= 4 is 33.9 Å². The third-order valence-corrected chi connectivity index (χ3v) is 4.32. The summed E-state index contributed by atoms with van der Waals surface area (Å²) < 4.78 is 5.28. The van der Waals surface area contributed by atoms with Crippen LogP contribution in [-0.2, 0) is 4.74 Å². The summed E-state index contributed by atoms with van der Waals surface area (Å²) in [4.78, 5) is 22.7. The zero-order valence-corrected chi connectivity index (χ0v) is 12.1. The SMILES string of the molecule is CSC(=O)SCC(C)COC(=O)c1ccccc1. The molecule has 0 aromatic heterocycles. The largest absolute Gasteiger partial charge is 0.462 e. The first-order chi connectivity index (χ1) is 8.63. The molecule has 0 aliphatic rings. The predicted molar refractivity (Wildman–Crippen MR) is 77.3 cm³/mol. The lowest BCUT2D eigenvalue weighted by Gasteiger charge is -2.10. The van der Waals surface area contributed by atoms with Crippen LogP contribution in [0.2, 0.25) is 0 Å². The third-order valence-electron chi connectivity index (χ3n) is 2.16. The summed E-state index contributed by atoms with van der Waals surface area (Å²) in [6, 6.07) is 8.89. The number of carbonyl (C=O) groups excluding carboxylic acids is 2. The van der Waals surface area contributed by atoms with Crippen molar-refractivity contribution in [1.82, 2.24) is 0 Å². The normalized spacial score (nSPS) is 11.9. The van der Waals surface area contributed by atoms with E-state index in [1.807, 2.05) is 13.0 Å². The average Bonchev–Trinajstić information content (AvgIpc) is 2.42. The first-order valence-electron chi connectivity index (χ1n) is 5.56. The number of ether oxygens (including phenoxy) is 1. The molecule has 0 aliphatic heterocycles. The Kier molecular flexibility index (Phi) is 6.90. The molecule has 0 saturated carbocycles. The van der Waals surface area contributed by atoms with Gasteiger partial charge < -0.3 is 4.74 Å². The van der Waals surface area contributed by atoms with Gasteiger partial charge in [-0.3, -0.25) is 4.79 Å². The van der Waals surface area contributed by atoms with Gasteiger partial charge in [0.15, 0.2) is 0 Å². The Balaban J connectivity index is 2.28. The van der Waals surface area contributed by atoms with Crippen molar-refractivity contribution in [1.29, 1.82) is 0 Å². The first-order valence-corrected chi connectivity index (χ1v) is 7.77. The molecule has 1 atom stereocenters. The minimum atomic E-state index is -0.316. The highest BCUT2D eigenvalue weighted by Crippen LogP contribution is 2.17. The van der Waals surface area contributed by atoms with Crippen molar-refractivity contribution in [2.24, 2.45) is 5.92 Å². The molecule has 0 heterocycles. The maximum atomic E-state index is 11.6. The molecular weight excluding hydrogens is 268 g/mol. The number of carbonyl (C=O) groups is 2. The minimum absolute atomic E-state index is 0.0937. The van der Waals surface area contributed by atoms with Crippen molar-refractivity contribution < 1.29 is 14.3 Å². The number of hydrogen-bond acceptors (Lipinski definition) is 5. The molecule has 0 radical (unpaired) electrons. The Labute approximate surface area is 116 Å². The zero-order valence-electron chi connectivity index (χ0n) is 10.4.